The topological polar surface area (TPSA) is 98.7 Å². The van der Waals surface area contributed by atoms with Crippen molar-refractivity contribution in [2.24, 2.45) is 5.92 Å². The van der Waals surface area contributed by atoms with E-state index in [2.05, 4.69) is 17.2 Å². The summed E-state index contributed by atoms with van der Waals surface area (Å²) in [7, 11) is 0. The predicted octanol–water partition coefficient (Wildman–Crippen LogP) is -0.595. The smallest absolute Gasteiger partial charge is 0.321 e. The number of imide groups is 1. The molecule has 7 heteroatoms. The molecule has 0 aliphatic carbocycles. The minimum atomic E-state index is -0.826. The number of carboxylic acid groups (broad SMARTS) is 1. The zero-order chi connectivity index (χ0) is 13.5. The van der Waals surface area contributed by atoms with E-state index >= 15 is 0 Å². The van der Waals surface area contributed by atoms with Crippen LogP contribution in [0.4, 0.5) is 4.79 Å². The molecule has 100 valence electrons. The van der Waals surface area contributed by atoms with E-state index in [0.717, 1.165) is 0 Å². The molecule has 1 rings (SSSR count). The largest absolute Gasteiger partial charge is 0.481 e. The van der Waals surface area contributed by atoms with E-state index in [0.29, 0.717) is 19.6 Å². The molecule has 0 atom stereocenters. The van der Waals surface area contributed by atoms with Gasteiger partial charge in [-0.25, -0.2) is 4.79 Å². The Hall–Kier alpha value is -1.89. The standard InChI is InChI=1S/C11H17N3O4/c1-2-3-12-11(18)13-9(15)7-14-5-8(6-14)4-10(16)17/h2,8H,1,3-7H2,(H,16,17)(H2,12,13,15,18). The molecule has 1 fully saturated rings. The summed E-state index contributed by atoms with van der Waals surface area (Å²) in [5, 5.41) is 13.2. The summed E-state index contributed by atoms with van der Waals surface area (Å²) in [5.74, 6) is -1.12. The Morgan fingerprint density at radius 2 is 2.06 bits per heavy atom. The third kappa shape index (κ3) is 4.96. The Labute approximate surface area is 105 Å². The number of carbonyl (C=O) groups is 3. The van der Waals surface area contributed by atoms with Gasteiger partial charge in [0.2, 0.25) is 5.91 Å². The molecule has 18 heavy (non-hydrogen) atoms. The minimum absolute atomic E-state index is 0.102. The maximum absolute atomic E-state index is 11.4. The number of hydrogen-bond donors (Lipinski definition) is 3. The van der Waals surface area contributed by atoms with E-state index in [1.165, 1.54) is 6.08 Å². The second-order valence-electron chi connectivity index (χ2n) is 4.20. The maximum Gasteiger partial charge on any atom is 0.321 e. The summed E-state index contributed by atoms with van der Waals surface area (Å²) in [4.78, 5) is 34.7. The molecule has 0 radical (unpaired) electrons. The molecule has 0 aromatic carbocycles. The van der Waals surface area contributed by atoms with Crippen LogP contribution in [0.2, 0.25) is 0 Å². The normalized spacial score (nSPS) is 15.6. The second kappa shape index (κ2) is 6.75. The van der Waals surface area contributed by atoms with Crippen LogP contribution in [0.5, 0.6) is 0 Å². The Morgan fingerprint density at radius 3 is 2.61 bits per heavy atom. The van der Waals surface area contributed by atoms with Gasteiger partial charge in [0.15, 0.2) is 0 Å². The predicted molar refractivity (Wildman–Crippen MR) is 63.9 cm³/mol. The quantitative estimate of drug-likeness (QED) is 0.551. The van der Waals surface area contributed by atoms with Gasteiger partial charge in [0.25, 0.3) is 0 Å². The van der Waals surface area contributed by atoms with Crippen molar-refractivity contribution >= 4 is 17.9 Å². The number of urea groups is 1. The number of nitrogens with zero attached hydrogens (tertiary/aromatic N) is 1. The third-order valence-electron chi connectivity index (χ3n) is 2.52. The number of aliphatic carboxylic acids is 1. The SMILES string of the molecule is C=CCNC(=O)NC(=O)CN1CC(CC(=O)O)C1. The van der Waals surface area contributed by atoms with Crippen LogP contribution in [0.25, 0.3) is 0 Å². The van der Waals surface area contributed by atoms with Crippen LogP contribution < -0.4 is 10.6 Å². The van der Waals surface area contributed by atoms with Gasteiger partial charge in [0.1, 0.15) is 0 Å². The van der Waals surface area contributed by atoms with Crippen LogP contribution in [0, 0.1) is 5.92 Å². The molecule has 0 spiro atoms. The Balaban J connectivity index is 2.13. The van der Waals surface area contributed by atoms with Crippen molar-refractivity contribution in [2.45, 2.75) is 6.42 Å². The second-order valence-corrected chi connectivity index (χ2v) is 4.20. The molecule has 1 heterocycles. The van der Waals surface area contributed by atoms with Gasteiger partial charge in [-0.1, -0.05) is 6.08 Å². The van der Waals surface area contributed by atoms with Gasteiger partial charge in [-0.2, -0.15) is 0 Å². The molecular weight excluding hydrogens is 238 g/mol. The fourth-order valence-corrected chi connectivity index (χ4v) is 1.76. The Morgan fingerprint density at radius 1 is 1.39 bits per heavy atom. The van der Waals surface area contributed by atoms with Crippen LogP contribution >= 0.6 is 0 Å². The molecule has 3 amide bonds. The molecular formula is C11H17N3O4. The highest BCUT2D eigenvalue weighted by molar-refractivity contribution is 5.95. The summed E-state index contributed by atoms with van der Waals surface area (Å²) < 4.78 is 0. The van der Waals surface area contributed by atoms with Gasteiger partial charge in [-0.15, -0.1) is 6.58 Å². The Bertz CT molecular complexity index is 350. The van der Waals surface area contributed by atoms with E-state index in [9.17, 15) is 14.4 Å². The lowest BCUT2D eigenvalue weighted by atomic mass is 9.96. The fourth-order valence-electron chi connectivity index (χ4n) is 1.76. The average molecular weight is 255 g/mol. The Kier molecular flexibility index (Phi) is 5.31. The van der Waals surface area contributed by atoms with E-state index < -0.39 is 17.9 Å². The van der Waals surface area contributed by atoms with Gasteiger partial charge in [-0.05, 0) is 5.92 Å². The number of amides is 3. The molecule has 3 N–H and O–H groups in total. The third-order valence-corrected chi connectivity index (χ3v) is 2.52. The number of carboxylic acids is 1. The van der Waals surface area contributed by atoms with Crippen LogP contribution in [0.3, 0.4) is 0 Å². The molecule has 7 nitrogen and oxygen atoms in total. The van der Waals surface area contributed by atoms with Crippen molar-refractivity contribution in [3.63, 3.8) is 0 Å². The lowest BCUT2D eigenvalue weighted by molar-refractivity contribution is -0.139. The summed E-state index contributed by atoms with van der Waals surface area (Å²) in [6.07, 6.45) is 1.63. The van der Waals surface area contributed by atoms with Gasteiger partial charge >= 0.3 is 12.0 Å². The summed E-state index contributed by atoms with van der Waals surface area (Å²) in [6, 6.07) is -0.553. The first-order valence-electron chi connectivity index (χ1n) is 5.64. The van der Waals surface area contributed by atoms with Crippen LogP contribution in [-0.2, 0) is 9.59 Å². The number of hydrogen-bond acceptors (Lipinski definition) is 4. The lowest BCUT2D eigenvalue weighted by Gasteiger charge is -2.37. The summed E-state index contributed by atoms with van der Waals surface area (Å²) in [5.41, 5.74) is 0. The number of likely N-dealkylation sites (tertiary alicyclic amines) is 1. The molecule has 0 unspecified atom stereocenters. The van der Waals surface area contributed by atoms with Crippen LogP contribution in [0.1, 0.15) is 6.42 Å². The molecule has 1 aliphatic heterocycles. The molecule has 0 saturated carbocycles. The van der Waals surface area contributed by atoms with Crippen LogP contribution in [0.15, 0.2) is 12.7 Å². The zero-order valence-electron chi connectivity index (χ0n) is 10.0. The molecule has 0 bridgehead atoms. The number of nitrogens with one attached hydrogen (secondary N) is 2. The highest BCUT2D eigenvalue weighted by atomic mass is 16.4. The highest BCUT2D eigenvalue weighted by Crippen LogP contribution is 2.17. The van der Waals surface area contributed by atoms with E-state index in [-0.39, 0.29) is 18.9 Å². The van der Waals surface area contributed by atoms with Gasteiger partial charge < -0.3 is 10.4 Å². The van der Waals surface area contributed by atoms with E-state index in [1.54, 1.807) is 4.90 Å². The summed E-state index contributed by atoms with van der Waals surface area (Å²) in [6.45, 7) is 4.99. The average Bonchev–Trinajstić information content (AvgIpc) is 2.22. The van der Waals surface area contributed by atoms with Gasteiger partial charge in [0, 0.05) is 19.6 Å². The molecule has 1 aliphatic rings. The maximum atomic E-state index is 11.4. The number of carbonyl (C=O) groups excluding carboxylic acids is 2. The van der Waals surface area contributed by atoms with Crippen molar-refractivity contribution < 1.29 is 19.5 Å². The van der Waals surface area contributed by atoms with E-state index in [4.69, 9.17) is 5.11 Å². The summed E-state index contributed by atoms with van der Waals surface area (Å²) >= 11 is 0. The number of rotatable bonds is 6. The monoisotopic (exact) mass is 255 g/mol. The fraction of sp³-hybridized carbons (Fsp3) is 0.545. The first-order valence-corrected chi connectivity index (χ1v) is 5.64. The first kappa shape index (κ1) is 14.2. The molecule has 0 aromatic heterocycles. The van der Waals surface area contributed by atoms with Crippen molar-refractivity contribution in [3.05, 3.63) is 12.7 Å². The van der Waals surface area contributed by atoms with Crippen molar-refractivity contribution in [3.8, 4) is 0 Å². The van der Waals surface area contributed by atoms with E-state index in [1.807, 2.05) is 0 Å². The lowest BCUT2D eigenvalue weighted by Crippen LogP contribution is -2.52. The molecule has 1 saturated heterocycles. The van der Waals surface area contributed by atoms with Gasteiger partial charge in [0.05, 0.1) is 13.0 Å². The highest BCUT2D eigenvalue weighted by Gasteiger charge is 2.29. The minimum Gasteiger partial charge on any atom is -0.481 e. The van der Waals surface area contributed by atoms with Crippen molar-refractivity contribution in [1.82, 2.24) is 15.5 Å². The van der Waals surface area contributed by atoms with Gasteiger partial charge in [-0.3, -0.25) is 19.8 Å². The molecule has 0 aromatic rings. The van der Waals surface area contributed by atoms with Crippen LogP contribution in [-0.4, -0.2) is 54.1 Å². The van der Waals surface area contributed by atoms with Crippen molar-refractivity contribution in [1.29, 1.82) is 0 Å². The van der Waals surface area contributed by atoms with Crippen molar-refractivity contribution in [2.75, 3.05) is 26.2 Å². The first-order chi connectivity index (χ1) is 8.51. The zero-order valence-corrected chi connectivity index (χ0v) is 10.0.